The van der Waals surface area contributed by atoms with Crippen molar-refractivity contribution in [3.8, 4) is 0 Å². The first kappa shape index (κ1) is 22.4. The van der Waals surface area contributed by atoms with E-state index < -0.39 is 5.60 Å². The van der Waals surface area contributed by atoms with Gasteiger partial charge in [-0.1, -0.05) is 56.2 Å². The second-order valence-electron chi connectivity index (χ2n) is 9.51. The molecule has 2 heterocycles. The average Bonchev–Trinajstić information content (AvgIpc) is 3.16. The molecule has 0 spiro atoms. The van der Waals surface area contributed by atoms with Crippen molar-refractivity contribution in [2.75, 3.05) is 0 Å². The topological polar surface area (TPSA) is 78.1 Å². The van der Waals surface area contributed by atoms with Crippen LogP contribution in [0.2, 0.25) is 0 Å². The molecule has 0 amide bonds. The molecular formula is C24H35N3O3. The van der Waals surface area contributed by atoms with Crippen LogP contribution >= 0.6 is 0 Å². The molecule has 2 aromatic heterocycles. The zero-order valence-corrected chi connectivity index (χ0v) is 18.6. The molecule has 1 saturated carbocycles. The Morgan fingerprint density at radius 3 is 2.77 bits per heavy atom. The molecule has 0 N–H and O–H groups in total. The Bertz CT molecular complexity index is 776. The largest absolute Gasteiger partial charge is 0.460 e. The van der Waals surface area contributed by atoms with E-state index in [-0.39, 0.29) is 18.3 Å². The summed E-state index contributed by atoms with van der Waals surface area (Å²) in [5.41, 5.74) is 0.537. The van der Waals surface area contributed by atoms with E-state index in [4.69, 9.17) is 9.26 Å². The number of aromatic nitrogens is 3. The molecule has 1 aliphatic carbocycles. The van der Waals surface area contributed by atoms with Crippen molar-refractivity contribution in [2.24, 2.45) is 5.92 Å². The van der Waals surface area contributed by atoms with Crippen molar-refractivity contribution < 1.29 is 14.1 Å². The summed E-state index contributed by atoms with van der Waals surface area (Å²) in [6.07, 6.45) is 14.3. The minimum Gasteiger partial charge on any atom is -0.460 e. The number of ether oxygens (including phenoxy) is 1. The number of hydrogen-bond acceptors (Lipinski definition) is 6. The Labute approximate surface area is 179 Å². The van der Waals surface area contributed by atoms with E-state index in [1.54, 1.807) is 12.4 Å². The van der Waals surface area contributed by atoms with Crippen LogP contribution in [-0.4, -0.2) is 26.7 Å². The van der Waals surface area contributed by atoms with E-state index in [2.05, 4.69) is 15.1 Å². The normalized spacial score (nSPS) is 16.4. The minimum absolute atomic E-state index is 0.0985. The molecule has 0 aromatic carbocycles. The Balaban J connectivity index is 1.62. The fourth-order valence-corrected chi connectivity index (χ4v) is 4.22. The van der Waals surface area contributed by atoms with Crippen molar-refractivity contribution in [1.82, 2.24) is 15.1 Å². The average molecular weight is 414 g/mol. The van der Waals surface area contributed by atoms with E-state index in [1.807, 2.05) is 32.9 Å². The maximum atomic E-state index is 12.5. The number of nitrogens with zero attached hydrogens (tertiary/aromatic N) is 3. The Kier molecular flexibility index (Phi) is 8.00. The maximum Gasteiger partial charge on any atom is 0.307 e. The summed E-state index contributed by atoms with van der Waals surface area (Å²) < 4.78 is 11.1. The fraction of sp³-hybridized carbons (Fsp3) is 0.667. The molecule has 6 nitrogen and oxygen atoms in total. The smallest absolute Gasteiger partial charge is 0.307 e. The van der Waals surface area contributed by atoms with Crippen LogP contribution in [0.1, 0.15) is 102 Å². The van der Waals surface area contributed by atoms with Gasteiger partial charge in [0, 0.05) is 24.7 Å². The molecule has 3 rings (SSSR count). The number of carbonyl (C=O) groups excluding carboxylic acids is 1. The first-order chi connectivity index (χ1) is 14.4. The molecule has 1 aliphatic rings. The summed E-state index contributed by atoms with van der Waals surface area (Å²) in [6.45, 7) is 5.67. The van der Waals surface area contributed by atoms with Gasteiger partial charge in [0.1, 0.15) is 5.60 Å². The third-order valence-electron chi connectivity index (χ3n) is 5.64. The highest BCUT2D eigenvalue weighted by molar-refractivity contribution is 5.70. The zero-order valence-electron chi connectivity index (χ0n) is 18.6. The third kappa shape index (κ3) is 7.54. The molecule has 0 radical (unpaired) electrons. The van der Waals surface area contributed by atoms with Crippen molar-refractivity contribution in [2.45, 2.75) is 96.5 Å². The van der Waals surface area contributed by atoms with Crippen LogP contribution in [0.4, 0.5) is 0 Å². The van der Waals surface area contributed by atoms with Gasteiger partial charge in [0.05, 0.1) is 6.42 Å². The summed E-state index contributed by atoms with van der Waals surface area (Å²) in [4.78, 5) is 21.2. The number of hydrogen-bond donors (Lipinski definition) is 0. The van der Waals surface area contributed by atoms with Gasteiger partial charge in [0.25, 0.3) is 0 Å². The highest BCUT2D eigenvalue weighted by Gasteiger charge is 2.26. The zero-order chi connectivity index (χ0) is 21.4. The molecule has 1 atom stereocenters. The molecule has 1 unspecified atom stereocenters. The van der Waals surface area contributed by atoms with Gasteiger partial charge >= 0.3 is 5.97 Å². The number of rotatable bonds is 9. The Morgan fingerprint density at radius 2 is 2.07 bits per heavy atom. The first-order valence-corrected chi connectivity index (χ1v) is 11.3. The number of pyridine rings is 1. The highest BCUT2D eigenvalue weighted by Crippen LogP contribution is 2.31. The van der Waals surface area contributed by atoms with Gasteiger partial charge in [0.15, 0.2) is 5.82 Å². The molecule has 2 aromatic rings. The van der Waals surface area contributed by atoms with Crippen LogP contribution in [0.5, 0.6) is 0 Å². The van der Waals surface area contributed by atoms with Gasteiger partial charge in [0.2, 0.25) is 5.89 Å². The summed E-state index contributed by atoms with van der Waals surface area (Å²) >= 11 is 0. The Morgan fingerprint density at radius 1 is 1.27 bits per heavy atom. The van der Waals surface area contributed by atoms with Crippen LogP contribution in [0, 0.1) is 5.92 Å². The quantitative estimate of drug-likeness (QED) is 0.496. The van der Waals surface area contributed by atoms with E-state index >= 15 is 0 Å². The number of esters is 1. The second kappa shape index (κ2) is 10.7. The molecule has 0 aliphatic heterocycles. The molecule has 30 heavy (non-hydrogen) atoms. The predicted molar refractivity (Wildman–Crippen MR) is 115 cm³/mol. The second-order valence-corrected chi connectivity index (χ2v) is 9.51. The van der Waals surface area contributed by atoms with E-state index in [0.717, 1.165) is 24.3 Å². The predicted octanol–water partition coefficient (Wildman–Crippen LogP) is 5.62. The van der Waals surface area contributed by atoms with E-state index in [9.17, 15) is 4.79 Å². The summed E-state index contributed by atoms with van der Waals surface area (Å²) in [5, 5.41) is 4.15. The first-order valence-electron chi connectivity index (χ1n) is 11.3. The van der Waals surface area contributed by atoms with Crippen LogP contribution in [0.15, 0.2) is 29.0 Å². The highest BCUT2D eigenvalue weighted by atomic mass is 16.6. The molecule has 6 heteroatoms. The minimum atomic E-state index is -0.496. The van der Waals surface area contributed by atoms with Crippen LogP contribution in [0.3, 0.4) is 0 Å². The van der Waals surface area contributed by atoms with Gasteiger partial charge in [-0.05, 0) is 44.7 Å². The SMILES string of the molecule is CC(C)(C)OC(=O)CC(CCCC1CCCCC1)c1nc(Cc2cccnc2)no1. The molecule has 1 fully saturated rings. The fourth-order valence-electron chi connectivity index (χ4n) is 4.22. The van der Waals surface area contributed by atoms with Gasteiger partial charge in [-0.2, -0.15) is 4.98 Å². The third-order valence-corrected chi connectivity index (χ3v) is 5.64. The Hall–Kier alpha value is -2.24. The van der Waals surface area contributed by atoms with Gasteiger partial charge in [-0.3, -0.25) is 9.78 Å². The lowest BCUT2D eigenvalue weighted by Gasteiger charge is -2.23. The lowest BCUT2D eigenvalue weighted by atomic mass is 9.84. The van der Waals surface area contributed by atoms with Gasteiger partial charge in [-0.15, -0.1) is 0 Å². The maximum absolute atomic E-state index is 12.5. The summed E-state index contributed by atoms with van der Waals surface area (Å²) in [7, 11) is 0. The number of carbonyl (C=O) groups is 1. The monoisotopic (exact) mass is 413 g/mol. The van der Waals surface area contributed by atoms with Crippen LogP contribution in [-0.2, 0) is 16.0 Å². The lowest BCUT2D eigenvalue weighted by Crippen LogP contribution is -2.25. The van der Waals surface area contributed by atoms with Gasteiger partial charge < -0.3 is 9.26 Å². The van der Waals surface area contributed by atoms with Crippen molar-refractivity contribution >= 4 is 5.97 Å². The van der Waals surface area contributed by atoms with E-state index in [1.165, 1.54) is 38.5 Å². The summed E-state index contributed by atoms with van der Waals surface area (Å²) in [5.74, 6) is 1.68. The lowest BCUT2D eigenvalue weighted by molar-refractivity contribution is -0.155. The molecule has 164 valence electrons. The molecule has 0 bridgehead atoms. The van der Waals surface area contributed by atoms with Crippen molar-refractivity contribution in [3.63, 3.8) is 0 Å². The van der Waals surface area contributed by atoms with Crippen LogP contribution < -0.4 is 0 Å². The van der Waals surface area contributed by atoms with Crippen molar-refractivity contribution in [3.05, 3.63) is 41.8 Å². The van der Waals surface area contributed by atoms with Crippen LogP contribution in [0.25, 0.3) is 0 Å². The standard InChI is InChI=1S/C24H35N3O3/c1-24(2,3)29-22(28)16-20(13-7-11-18-9-5-4-6-10-18)23-26-21(27-30-23)15-19-12-8-14-25-17-19/h8,12,14,17-18,20H,4-7,9-11,13,15-16H2,1-3H3. The van der Waals surface area contributed by atoms with Gasteiger partial charge in [-0.25, -0.2) is 0 Å². The van der Waals surface area contributed by atoms with E-state index in [0.29, 0.717) is 18.1 Å². The summed E-state index contributed by atoms with van der Waals surface area (Å²) in [6, 6.07) is 3.89. The molecule has 0 saturated heterocycles. The van der Waals surface area contributed by atoms with Crippen molar-refractivity contribution in [1.29, 1.82) is 0 Å². The molecular weight excluding hydrogens is 378 g/mol.